The van der Waals surface area contributed by atoms with Crippen molar-refractivity contribution in [2.45, 2.75) is 32.8 Å². The fourth-order valence-electron chi connectivity index (χ4n) is 1.30. The minimum atomic E-state index is 0.0735. The standard InChI is InChI=1S/C6H10N2O.C2H6/c1-5-2-6(9-8-5)3-7-4-6;1-2/h7H,2-4H2,1H3;1-2H3. The molecular formula is C8H16N2O. The van der Waals surface area contributed by atoms with Gasteiger partial charge in [-0.1, -0.05) is 19.0 Å². The van der Waals surface area contributed by atoms with Crippen molar-refractivity contribution in [3.05, 3.63) is 0 Å². The van der Waals surface area contributed by atoms with E-state index in [0.717, 1.165) is 25.2 Å². The van der Waals surface area contributed by atoms with Crippen molar-refractivity contribution < 1.29 is 4.84 Å². The second kappa shape index (κ2) is 3.22. The van der Waals surface area contributed by atoms with Crippen LogP contribution in [0.5, 0.6) is 0 Å². The number of nitrogens with zero attached hydrogens (tertiary/aromatic N) is 1. The molecule has 0 radical (unpaired) electrons. The maximum Gasteiger partial charge on any atom is 0.167 e. The Balaban J connectivity index is 0.000000281. The molecule has 0 aliphatic carbocycles. The Bertz CT molecular complexity index is 161. The average Bonchev–Trinajstić information content (AvgIpc) is 2.35. The highest BCUT2D eigenvalue weighted by molar-refractivity contribution is 5.83. The molecule has 0 saturated carbocycles. The lowest BCUT2D eigenvalue weighted by atomic mass is 9.92. The van der Waals surface area contributed by atoms with Gasteiger partial charge >= 0.3 is 0 Å². The molecule has 0 aromatic rings. The van der Waals surface area contributed by atoms with Crippen LogP contribution in [0.2, 0.25) is 0 Å². The summed E-state index contributed by atoms with van der Waals surface area (Å²) in [5, 5.41) is 7.05. The molecule has 1 fully saturated rings. The smallest absolute Gasteiger partial charge is 0.167 e. The topological polar surface area (TPSA) is 33.6 Å². The number of hydrogen-bond donors (Lipinski definition) is 1. The van der Waals surface area contributed by atoms with E-state index in [0.29, 0.717) is 0 Å². The van der Waals surface area contributed by atoms with E-state index in [1.807, 2.05) is 20.8 Å². The highest BCUT2D eigenvalue weighted by Crippen LogP contribution is 2.26. The van der Waals surface area contributed by atoms with Crippen LogP contribution < -0.4 is 5.32 Å². The van der Waals surface area contributed by atoms with Gasteiger partial charge in [-0.05, 0) is 6.92 Å². The molecule has 0 unspecified atom stereocenters. The second-order valence-corrected chi connectivity index (χ2v) is 2.88. The summed E-state index contributed by atoms with van der Waals surface area (Å²) < 4.78 is 0. The van der Waals surface area contributed by atoms with Crippen LogP contribution in [0.15, 0.2) is 5.16 Å². The molecule has 0 aromatic heterocycles. The van der Waals surface area contributed by atoms with Crippen LogP contribution in [0.3, 0.4) is 0 Å². The van der Waals surface area contributed by atoms with Crippen molar-refractivity contribution in [3.8, 4) is 0 Å². The molecule has 0 atom stereocenters. The minimum absolute atomic E-state index is 0.0735. The molecular weight excluding hydrogens is 140 g/mol. The molecule has 2 heterocycles. The van der Waals surface area contributed by atoms with Gasteiger partial charge in [-0.3, -0.25) is 0 Å². The van der Waals surface area contributed by atoms with Gasteiger partial charge in [-0.15, -0.1) is 0 Å². The maximum atomic E-state index is 5.21. The van der Waals surface area contributed by atoms with Gasteiger partial charge in [0.25, 0.3) is 0 Å². The predicted molar refractivity (Wildman–Crippen MR) is 45.8 cm³/mol. The van der Waals surface area contributed by atoms with Crippen molar-refractivity contribution in [2.24, 2.45) is 5.16 Å². The summed E-state index contributed by atoms with van der Waals surface area (Å²) in [6.45, 7) is 7.94. The van der Waals surface area contributed by atoms with Crippen LogP contribution in [0.4, 0.5) is 0 Å². The van der Waals surface area contributed by atoms with Gasteiger partial charge < -0.3 is 10.2 Å². The zero-order valence-electron chi connectivity index (χ0n) is 7.48. The van der Waals surface area contributed by atoms with Crippen LogP contribution in [-0.4, -0.2) is 24.4 Å². The van der Waals surface area contributed by atoms with E-state index in [2.05, 4.69) is 10.5 Å². The third kappa shape index (κ3) is 1.53. The predicted octanol–water partition coefficient (Wildman–Crippen LogP) is 1.15. The first-order chi connectivity index (χ1) is 5.31. The Kier molecular flexibility index (Phi) is 2.49. The van der Waals surface area contributed by atoms with Gasteiger partial charge in [-0.2, -0.15) is 0 Å². The molecule has 0 amide bonds. The quantitative estimate of drug-likeness (QED) is 0.571. The van der Waals surface area contributed by atoms with E-state index in [1.54, 1.807) is 0 Å². The first kappa shape index (κ1) is 8.53. The van der Waals surface area contributed by atoms with E-state index < -0.39 is 0 Å². The van der Waals surface area contributed by atoms with Gasteiger partial charge in [0, 0.05) is 19.5 Å². The lowest BCUT2D eigenvalue weighted by molar-refractivity contribution is -0.0559. The number of rotatable bonds is 0. The van der Waals surface area contributed by atoms with Crippen LogP contribution >= 0.6 is 0 Å². The fourth-order valence-corrected chi connectivity index (χ4v) is 1.30. The van der Waals surface area contributed by atoms with Crippen molar-refractivity contribution in [1.82, 2.24) is 5.32 Å². The largest absolute Gasteiger partial charge is 0.386 e. The lowest BCUT2D eigenvalue weighted by Gasteiger charge is -2.35. The van der Waals surface area contributed by atoms with Gasteiger partial charge in [0.1, 0.15) is 0 Å². The summed E-state index contributed by atoms with van der Waals surface area (Å²) in [5.41, 5.74) is 1.20. The second-order valence-electron chi connectivity index (χ2n) is 2.88. The molecule has 1 saturated heterocycles. The third-order valence-corrected chi connectivity index (χ3v) is 1.87. The van der Waals surface area contributed by atoms with Crippen molar-refractivity contribution in [2.75, 3.05) is 13.1 Å². The van der Waals surface area contributed by atoms with E-state index in [1.165, 1.54) is 0 Å². The first-order valence-electron chi connectivity index (χ1n) is 4.23. The third-order valence-electron chi connectivity index (χ3n) is 1.87. The summed E-state index contributed by atoms with van der Waals surface area (Å²) in [6, 6.07) is 0. The SMILES string of the molecule is CC.CC1=NOC2(CNC2)C1. The van der Waals surface area contributed by atoms with Gasteiger partial charge in [0.2, 0.25) is 0 Å². The van der Waals surface area contributed by atoms with Crippen molar-refractivity contribution >= 4 is 5.71 Å². The summed E-state index contributed by atoms with van der Waals surface area (Å²) in [5.74, 6) is 0. The summed E-state index contributed by atoms with van der Waals surface area (Å²) in [4.78, 5) is 5.21. The zero-order valence-corrected chi connectivity index (χ0v) is 7.48. The van der Waals surface area contributed by atoms with Gasteiger partial charge in [0.05, 0.1) is 5.71 Å². The molecule has 2 rings (SSSR count). The van der Waals surface area contributed by atoms with Gasteiger partial charge in [-0.25, -0.2) is 0 Å². The Morgan fingerprint density at radius 2 is 2.09 bits per heavy atom. The molecule has 2 aliphatic rings. The van der Waals surface area contributed by atoms with Crippen molar-refractivity contribution in [3.63, 3.8) is 0 Å². The lowest BCUT2D eigenvalue weighted by Crippen LogP contribution is -2.59. The molecule has 1 spiro atoms. The monoisotopic (exact) mass is 156 g/mol. The average molecular weight is 156 g/mol. The highest BCUT2D eigenvalue weighted by Gasteiger charge is 2.43. The molecule has 1 N–H and O–H groups in total. The summed E-state index contributed by atoms with van der Waals surface area (Å²) >= 11 is 0. The number of nitrogens with one attached hydrogen (secondary N) is 1. The van der Waals surface area contributed by atoms with Crippen molar-refractivity contribution in [1.29, 1.82) is 0 Å². The van der Waals surface area contributed by atoms with E-state index in [-0.39, 0.29) is 5.60 Å². The Morgan fingerprint density at radius 3 is 2.27 bits per heavy atom. The molecule has 3 nitrogen and oxygen atoms in total. The first-order valence-corrected chi connectivity index (χ1v) is 4.23. The Labute approximate surface area is 67.8 Å². The highest BCUT2D eigenvalue weighted by atomic mass is 16.7. The number of hydrogen-bond acceptors (Lipinski definition) is 3. The Hall–Kier alpha value is -0.570. The minimum Gasteiger partial charge on any atom is -0.386 e. The van der Waals surface area contributed by atoms with Gasteiger partial charge in [0.15, 0.2) is 5.60 Å². The fraction of sp³-hybridized carbons (Fsp3) is 0.875. The molecule has 0 bridgehead atoms. The summed E-state index contributed by atoms with van der Waals surface area (Å²) in [6.07, 6.45) is 1.01. The molecule has 2 aliphatic heterocycles. The molecule has 64 valence electrons. The van der Waals surface area contributed by atoms with Crippen LogP contribution in [0, 0.1) is 0 Å². The van der Waals surface area contributed by atoms with E-state index >= 15 is 0 Å². The normalized spacial score (nSPS) is 24.5. The van der Waals surface area contributed by atoms with E-state index in [9.17, 15) is 0 Å². The molecule has 11 heavy (non-hydrogen) atoms. The number of oxime groups is 1. The Morgan fingerprint density at radius 1 is 1.45 bits per heavy atom. The van der Waals surface area contributed by atoms with Crippen LogP contribution in [0.25, 0.3) is 0 Å². The molecule has 3 heteroatoms. The summed E-state index contributed by atoms with van der Waals surface area (Å²) in [7, 11) is 0. The maximum absolute atomic E-state index is 5.21. The zero-order chi connectivity index (χ0) is 8.32. The van der Waals surface area contributed by atoms with E-state index in [4.69, 9.17) is 4.84 Å². The molecule has 0 aromatic carbocycles. The van der Waals surface area contributed by atoms with Crippen LogP contribution in [-0.2, 0) is 4.84 Å². The van der Waals surface area contributed by atoms with Crippen LogP contribution in [0.1, 0.15) is 27.2 Å².